The minimum absolute atomic E-state index is 0.506. The van der Waals surface area contributed by atoms with Crippen LogP contribution >= 0.6 is 11.6 Å². The van der Waals surface area contributed by atoms with E-state index in [0.29, 0.717) is 31.2 Å². The zero-order valence-corrected chi connectivity index (χ0v) is 11.0. The van der Waals surface area contributed by atoms with E-state index in [2.05, 4.69) is 9.88 Å². The Bertz CT molecular complexity index is 617. The van der Waals surface area contributed by atoms with Crippen LogP contribution in [0, 0.1) is 0 Å². The third-order valence-electron chi connectivity index (χ3n) is 3.52. The highest BCUT2D eigenvalue weighted by atomic mass is 35.5. The van der Waals surface area contributed by atoms with Crippen molar-refractivity contribution in [1.82, 2.24) is 9.88 Å². The fourth-order valence-corrected chi connectivity index (χ4v) is 2.82. The monoisotopic (exact) mass is 279 g/mol. The van der Waals surface area contributed by atoms with Gasteiger partial charge in [0.05, 0.1) is 10.7 Å². The van der Waals surface area contributed by atoms with Crippen LogP contribution < -0.4 is 4.90 Å². The van der Waals surface area contributed by atoms with Crippen molar-refractivity contribution in [3.8, 4) is 0 Å². The quantitative estimate of drug-likeness (QED) is 0.844. The van der Waals surface area contributed by atoms with Gasteiger partial charge in [0.2, 0.25) is 0 Å². The predicted molar refractivity (Wildman–Crippen MR) is 75.1 cm³/mol. The van der Waals surface area contributed by atoms with Crippen molar-refractivity contribution in [3.63, 3.8) is 0 Å². The van der Waals surface area contributed by atoms with Crippen molar-refractivity contribution in [2.45, 2.75) is 0 Å². The lowest BCUT2D eigenvalue weighted by Gasteiger charge is -2.35. The first-order chi connectivity index (χ1) is 9.16. The summed E-state index contributed by atoms with van der Waals surface area (Å²) >= 11 is 6.31. The molecule has 6 heteroatoms. The second kappa shape index (κ2) is 4.66. The number of amides is 1. The Morgan fingerprint density at radius 1 is 1.21 bits per heavy atom. The number of hydrogen-bond acceptors (Lipinski definition) is 2. The number of aromatic nitrogens is 1. The summed E-state index contributed by atoms with van der Waals surface area (Å²) in [5.74, 6) is 0. The summed E-state index contributed by atoms with van der Waals surface area (Å²) in [6, 6.07) is 5.83. The standard InChI is InChI=1S/C13H14ClN3O2/c14-10-1-2-11-9(3-4-15-11)12(10)16-5-7-17(8-6-16)13(18)19/h1-4,15H,5-8H2,(H,18,19). The minimum atomic E-state index is -0.856. The number of carbonyl (C=O) groups is 1. The molecule has 2 N–H and O–H groups in total. The van der Waals surface area contributed by atoms with E-state index in [1.54, 1.807) is 0 Å². The molecule has 0 atom stereocenters. The maximum atomic E-state index is 10.9. The minimum Gasteiger partial charge on any atom is -0.465 e. The van der Waals surface area contributed by atoms with E-state index in [1.165, 1.54) is 4.90 Å². The number of fused-ring (bicyclic) bond motifs is 1. The first-order valence-electron chi connectivity index (χ1n) is 6.15. The Balaban J connectivity index is 1.91. The fraction of sp³-hybridized carbons (Fsp3) is 0.308. The lowest BCUT2D eigenvalue weighted by atomic mass is 10.1. The van der Waals surface area contributed by atoms with Crippen molar-refractivity contribution in [3.05, 3.63) is 29.4 Å². The lowest BCUT2D eigenvalue weighted by molar-refractivity contribution is 0.142. The molecule has 2 heterocycles. The number of nitrogens with one attached hydrogen (secondary N) is 1. The van der Waals surface area contributed by atoms with Crippen LogP contribution in [0.1, 0.15) is 0 Å². The number of nitrogens with zero attached hydrogens (tertiary/aromatic N) is 2. The lowest BCUT2D eigenvalue weighted by Crippen LogP contribution is -2.48. The van der Waals surface area contributed by atoms with E-state index in [9.17, 15) is 4.79 Å². The molecule has 0 unspecified atom stereocenters. The Morgan fingerprint density at radius 2 is 1.95 bits per heavy atom. The zero-order valence-electron chi connectivity index (χ0n) is 10.3. The molecule has 1 aliphatic heterocycles. The molecule has 1 aliphatic rings. The van der Waals surface area contributed by atoms with E-state index in [-0.39, 0.29) is 0 Å². The molecule has 3 rings (SSSR count). The van der Waals surface area contributed by atoms with Gasteiger partial charge in [0.25, 0.3) is 0 Å². The normalized spacial score (nSPS) is 16.1. The molecule has 1 fully saturated rings. The van der Waals surface area contributed by atoms with Crippen molar-refractivity contribution in [2.75, 3.05) is 31.1 Å². The number of piperazine rings is 1. The molecule has 5 nitrogen and oxygen atoms in total. The first kappa shape index (κ1) is 12.2. The van der Waals surface area contributed by atoms with Crippen LogP contribution in [0.15, 0.2) is 24.4 Å². The number of rotatable bonds is 1. The average molecular weight is 280 g/mol. The number of carboxylic acid groups (broad SMARTS) is 1. The summed E-state index contributed by atoms with van der Waals surface area (Å²) in [6.07, 6.45) is 1.03. The van der Waals surface area contributed by atoms with Gasteiger partial charge in [0.1, 0.15) is 0 Å². The SMILES string of the molecule is O=C(O)N1CCN(c2c(Cl)ccc3[nH]ccc23)CC1. The molecule has 100 valence electrons. The van der Waals surface area contributed by atoms with Crippen molar-refractivity contribution in [2.24, 2.45) is 0 Å². The third-order valence-corrected chi connectivity index (χ3v) is 3.83. The third kappa shape index (κ3) is 2.10. The van der Waals surface area contributed by atoms with Gasteiger partial charge >= 0.3 is 6.09 Å². The number of halogens is 1. The molecule has 1 aromatic heterocycles. The smallest absolute Gasteiger partial charge is 0.407 e. The second-order valence-electron chi connectivity index (χ2n) is 4.59. The molecule has 2 aromatic rings. The number of hydrogen-bond donors (Lipinski definition) is 2. The van der Waals surface area contributed by atoms with E-state index in [1.807, 2.05) is 24.4 Å². The molecular weight excluding hydrogens is 266 g/mol. The number of benzene rings is 1. The van der Waals surface area contributed by atoms with E-state index < -0.39 is 6.09 Å². The van der Waals surface area contributed by atoms with Crippen LogP contribution in [0.3, 0.4) is 0 Å². The molecule has 0 bridgehead atoms. The maximum Gasteiger partial charge on any atom is 0.407 e. The Labute approximate surface area is 115 Å². The van der Waals surface area contributed by atoms with Crippen LogP contribution in [0.5, 0.6) is 0 Å². The van der Waals surface area contributed by atoms with Gasteiger partial charge in [0.15, 0.2) is 0 Å². The van der Waals surface area contributed by atoms with Crippen LogP contribution in [-0.4, -0.2) is 47.3 Å². The Morgan fingerprint density at radius 3 is 2.63 bits per heavy atom. The van der Waals surface area contributed by atoms with Gasteiger partial charge in [-0.05, 0) is 18.2 Å². The average Bonchev–Trinajstić information content (AvgIpc) is 2.87. The summed E-state index contributed by atoms with van der Waals surface area (Å²) in [5, 5.41) is 10.7. The summed E-state index contributed by atoms with van der Waals surface area (Å²) in [5.41, 5.74) is 2.03. The topological polar surface area (TPSA) is 59.6 Å². The molecular formula is C13H14ClN3O2. The van der Waals surface area contributed by atoms with E-state index in [4.69, 9.17) is 16.7 Å². The highest BCUT2D eigenvalue weighted by molar-refractivity contribution is 6.35. The summed E-state index contributed by atoms with van der Waals surface area (Å²) in [6.45, 7) is 2.34. The van der Waals surface area contributed by atoms with Crippen molar-refractivity contribution >= 4 is 34.3 Å². The molecule has 1 aromatic carbocycles. The van der Waals surface area contributed by atoms with Gasteiger partial charge in [0, 0.05) is 43.3 Å². The largest absolute Gasteiger partial charge is 0.465 e. The van der Waals surface area contributed by atoms with Gasteiger partial charge in [-0.1, -0.05) is 11.6 Å². The fourth-order valence-electron chi connectivity index (χ4n) is 2.53. The Kier molecular flexibility index (Phi) is 2.98. The molecule has 1 saturated heterocycles. The second-order valence-corrected chi connectivity index (χ2v) is 5.00. The summed E-state index contributed by atoms with van der Waals surface area (Å²) in [7, 11) is 0. The highest BCUT2D eigenvalue weighted by Gasteiger charge is 2.23. The van der Waals surface area contributed by atoms with Gasteiger partial charge in [-0.3, -0.25) is 0 Å². The number of H-pyrrole nitrogens is 1. The number of aromatic amines is 1. The molecule has 19 heavy (non-hydrogen) atoms. The molecule has 1 amide bonds. The van der Waals surface area contributed by atoms with Crippen LogP contribution in [-0.2, 0) is 0 Å². The maximum absolute atomic E-state index is 10.9. The first-order valence-corrected chi connectivity index (χ1v) is 6.53. The van der Waals surface area contributed by atoms with Crippen molar-refractivity contribution in [1.29, 1.82) is 0 Å². The van der Waals surface area contributed by atoms with Crippen molar-refractivity contribution < 1.29 is 9.90 Å². The number of anilines is 1. The molecule has 0 aliphatic carbocycles. The Hall–Kier alpha value is -1.88. The van der Waals surface area contributed by atoms with Crippen LogP contribution in [0.2, 0.25) is 5.02 Å². The summed E-state index contributed by atoms with van der Waals surface area (Å²) < 4.78 is 0. The molecule has 0 saturated carbocycles. The summed E-state index contributed by atoms with van der Waals surface area (Å²) in [4.78, 5) is 17.7. The van der Waals surface area contributed by atoms with Gasteiger partial charge in [-0.15, -0.1) is 0 Å². The molecule has 0 radical (unpaired) electrons. The van der Waals surface area contributed by atoms with Gasteiger partial charge in [-0.25, -0.2) is 4.79 Å². The van der Waals surface area contributed by atoms with Crippen LogP contribution in [0.25, 0.3) is 10.9 Å². The zero-order chi connectivity index (χ0) is 13.4. The molecule has 0 spiro atoms. The predicted octanol–water partition coefficient (Wildman–Crippen LogP) is 2.62. The van der Waals surface area contributed by atoms with E-state index >= 15 is 0 Å². The van der Waals surface area contributed by atoms with Crippen LogP contribution in [0.4, 0.5) is 10.5 Å². The van der Waals surface area contributed by atoms with Gasteiger partial charge < -0.3 is 19.9 Å². The van der Waals surface area contributed by atoms with E-state index in [0.717, 1.165) is 16.6 Å². The van der Waals surface area contributed by atoms with Gasteiger partial charge in [-0.2, -0.15) is 0 Å². The highest BCUT2D eigenvalue weighted by Crippen LogP contribution is 2.34.